The van der Waals surface area contributed by atoms with Crippen LogP contribution in [0, 0.1) is 0 Å². The molecule has 2 aromatic carbocycles. The van der Waals surface area contributed by atoms with E-state index < -0.39 is 0 Å². The van der Waals surface area contributed by atoms with Crippen LogP contribution in [0.15, 0.2) is 53.6 Å². The molecule has 23 heavy (non-hydrogen) atoms. The van der Waals surface area contributed by atoms with Crippen molar-refractivity contribution in [2.24, 2.45) is 5.10 Å². The fraction of sp³-hybridized carbons (Fsp3) is 0.0588. The van der Waals surface area contributed by atoms with Crippen LogP contribution < -0.4 is 5.43 Å². The van der Waals surface area contributed by atoms with E-state index in [0.717, 1.165) is 15.6 Å². The van der Waals surface area contributed by atoms with E-state index in [4.69, 9.17) is 23.2 Å². The summed E-state index contributed by atoms with van der Waals surface area (Å²) in [7, 11) is 0. The number of carbonyl (C=O) groups is 1. The molecule has 1 aromatic heterocycles. The first-order valence-corrected chi connectivity index (χ1v) is 8.41. The lowest BCUT2D eigenvalue weighted by molar-refractivity contribution is 0.0959. The molecule has 0 aliphatic heterocycles. The minimum Gasteiger partial charge on any atom is -0.266 e. The lowest BCUT2D eigenvalue weighted by atomic mass is 10.1. The van der Waals surface area contributed by atoms with Crippen LogP contribution in [-0.2, 0) is 0 Å². The summed E-state index contributed by atoms with van der Waals surface area (Å²) in [6.45, 7) is 1.82. The van der Waals surface area contributed by atoms with Crippen LogP contribution in [0.2, 0.25) is 10.0 Å². The number of amides is 1. The van der Waals surface area contributed by atoms with E-state index in [9.17, 15) is 4.79 Å². The number of carbonyl (C=O) groups excluding carboxylic acids is 1. The Morgan fingerprint density at radius 2 is 1.78 bits per heavy atom. The third-order valence-electron chi connectivity index (χ3n) is 3.33. The first kappa shape index (κ1) is 16.0. The van der Waals surface area contributed by atoms with Gasteiger partial charge in [-0.1, -0.05) is 53.5 Å². The number of nitrogens with zero attached hydrogens (tertiary/aromatic N) is 1. The molecule has 3 aromatic rings. The van der Waals surface area contributed by atoms with Crippen molar-refractivity contribution in [3.05, 3.63) is 69.0 Å². The molecule has 1 N–H and O–H groups in total. The standard InChI is InChI=1S/C17H12Cl2N2OS/c1-10(11-6-8-12(18)9-7-11)20-21-17(22)16-15(19)13-4-2-3-5-14(13)23-16/h2-9H,1H3,(H,21,22). The number of nitrogens with one attached hydrogen (secondary N) is 1. The number of fused-ring (bicyclic) bond motifs is 1. The molecular formula is C17H12Cl2N2OS. The Morgan fingerprint density at radius 3 is 2.48 bits per heavy atom. The van der Waals surface area contributed by atoms with Crippen molar-refractivity contribution in [1.82, 2.24) is 5.43 Å². The van der Waals surface area contributed by atoms with Gasteiger partial charge in [0.15, 0.2) is 0 Å². The first-order valence-electron chi connectivity index (χ1n) is 6.84. The molecule has 6 heteroatoms. The molecule has 3 nitrogen and oxygen atoms in total. The lowest BCUT2D eigenvalue weighted by Gasteiger charge is -2.02. The van der Waals surface area contributed by atoms with Gasteiger partial charge in [-0.05, 0) is 30.7 Å². The van der Waals surface area contributed by atoms with Crippen molar-refractivity contribution < 1.29 is 4.79 Å². The van der Waals surface area contributed by atoms with Gasteiger partial charge < -0.3 is 0 Å². The number of halogens is 2. The fourth-order valence-electron chi connectivity index (χ4n) is 2.10. The van der Waals surface area contributed by atoms with E-state index in [-0.39, 0.29) is 5.91 Å². The van der Waals surface area contributed by atoms with Gasteiger partial charge in [-0.25, -0.2) is 5.43 Å². The van der Waals surface area contributed by atoms with Crippen molar-refractivity contribution in [2.75, 3.05) is 0 Å². The van der Waals surface area contributed by atoms with Crippen molar-refractivity contribution in [1.29, 1.82) is 0 Å². The zero-order valence-electron chi connectivity index (χ0n) is 12.1. The average Bonchev–Trinajstić information content (AvgIpc) is 2.90. The van der Waals surface area contributed by atoms with Gasteiger partial charge in [0.05, 0.1) is 10.7 Å². The second-order valence-electron chi connectivity index (χ2n) is 4.89. The zero-order valence-corrected chi connectivity index (χ0v) is 14.5. The van der Waals surface area contributed by atoms with Crippen LogP contribution in [0.1, 0.15) is 22.2 Å². The van der Waals surface area contributed by atoms with Crippen LogP contribution in [-0.4, -0.2) is 11.6 Å². The molecule has 0 saturated carbocycles. The van der Waals surface area contributed by atoms with E-state index in [1.165, 1.54) is 11.3 Å². The van der Waals surface area contributed by atoms with E-state index >= 15 is 0 Å². The predicted molar refractivity (Wildman–Crippen MR) is 98.0 cm³/mol. The summed E-state index contributed by atoms with van der Waals surface area (Å²) in [4.78, 5) is 12.8. The summed E-state index contributed by atoms with van der Waals surface area (Å²) in [6, 6.07) is 14.9. The highest BCUT2D eigenvalue weighted by atomic mass is 35.5. The van der Waals surface area contributed by atoms with Crippen molar-refractivity contribution in [2.45, 2.75) is 6.92 Å². The molecule has 0 saturated heterocycles. The van der Waals surface area contributed by atoms with Crippen LogP contribution in [0.25, 0.3) is 10.1 Å². The van der Waals surface area contributed by atoms with Crippen molar-refractivity contribution in [3.8, 4) is 0 Å². The van der Waals surface area contributed by atoms with Gasteiger partial charge >= 0.3 is 0 Å². The summed E-state index contributed by atoms with van der Waals surface area (Å²) < 4.78 is 0.973. The summed E-state index contributed by atoms with van der Waals surface area (Å²) >= 11 is 13.5. The molecule has 3 rings (SSSR count). The smallest absolute Gasteiger partial charge is 0.266 e. The predicted octanol–water partition coefficient (Wildman–Crippen LogP) is 5.36. The Hall–Kier alpha value is -1.88. The molecular weight excluding hydrogens is 351 g/mol. The molecule has 1 heterocycles. The number of rotatable bonds is 3. The quantitative estimate of drug-likeness (QED) is 0.494. The van der Waals surface area contributed by atoms with Gasteiger partial charge in [0.1, 0.15) is 4.88 Å². The zero-order chi connectivity index (χ0) is 16.4. The minimum atomic E-state index is -0.315. The van der Waals surface area contributed by atoms with Crippen molar-refractivity contribution in [3.63, 3.8) is 0 Å². The van der Waals surface area contributed by atoms with Gasteiger partial charge in [-0.3, -0.25) is 4.79 Å². The minimum absolute atomic E-state index is 0.315. The van der Waals surface area contributed by atoms with Crippen LogP contribution in [0.4, 0.5) is 0 Å². The molecule has 1 amide bonds. The number of thiophene rings is 1. The van der Waals surface area contributed by atoms with Crippen LogP contribution in [0.3, 0.4) is 0 Å². The molecule has 116 valence electrons. The Balaban J connectivity index is 1.81. The molecule has 0 atom stereocenters. The van der Waals surface area contributed by atoms with E-state index in [0.29, 0.717) is 20.6 Å². The number of benzene rings is 2. The van der Waals surface area contributed by atoms with E-state index in [1.54, 1.807) is 12.1 Å². The Labute approximate surface area is 147 Å². The van der Waals surface area contributed by atoms with Gasteiger partial charge in [0.25, 0.3) is 5.91 Å². The summed E-state index contributed by atoms with van der Waals surface area (Å²) in [5.41, 5.74) is 4.13. The van der Waals surface area contributed by atoms with Gasteiger partial charge in [-0.15, -0.1) is 11.3 Å². The summed E-state index contributed by atoms with van der Waals surface area (Å²) in [6.07, 6.45) is 0. The van der Waals surface area contributed by atoms with Crippen molar-refractivity contribution >= 4 is 56.2 Å². The molecule has 0 fully saturated rings. The number of hydrazone groups is 1. The van der Waals surface area contributed by atoms with Gasteiger partial charge in [-0.2, -0.15) is 5.10 Å². The molecule has 0 radical (unpaired) electrons. The summed E-state index contributed by atoms with van der Waals surface area (Å²) in [5, 5.41) is 6.13. The Morgan fingerprint density at radius 1 is 1.09 bits per heavy atom. The number of hydrogen-bond donors (Lipinski definition) is 1. The Bertz CT molecular complexity index is 901. The maximum atomic E-state index is 12.3. The number of hydrogen-bond acceptors (Lipinski definition) is 3. The van der Waals surface area contributed by atoms with Gasteiger partial charge in [0.2, 0.25) is 0 Å². The van der Waals surface area contributed by atoms with Gasteiger partial charge in [0, 0.05) is 15.1 Å². The largest absolute Gasteiger partial charge is 0.283 e. The van der Waals surface area contributed by atoms with Crippen LogP contribution in [0.5, 0.6) is 0 Å². The van der Waals surface area contributed by atoms with E-state index in [2.05, 4.69) is 10.5 Å². The molecule has 0 aliphatic carbocycles. The highest BCUT2D eigenvalue weighted by Gasteiger charge is 2.16. The second-order valence-corrected chi connectivity index (χ2v) is 6.75. The maximum Gasteiger partial charge on any atom is 0.283 e. The normalized spacial score (nSPS) is 11.7. The molecule has 0 spiro atoms. The molecule has 0 unspecified atom stereocenters. The highest BCUT2D eigenvalue weighted by Crippen LogP contribution is 2.34. The monoisotopic (exact) mass is 362 g/mol. The fourth-order valence-corrected chi connectivity index (χ4v) is 3.63. The lowest BCUT2D eigenvalue weighted by Crippen LogP contribution is -2.18. The summed E-state index contributed by atoms with van der Waals surface area (Å²) in [5.74, 6) is -0.315. The third kappa shape index (κ3) is 3.39. The molecule has 0 bridgehead atoms. The highest BCUT2D eigenvalue weighted by molar-refractivity contribution is 7.21. The first-order chi connectivity index (χ1) is 11.1. The molecule has 0 aliphatic rings. The Kier molecular flexibility index (Phi) is 4.66. The second kappa shape index (κ2) is 6.71. The van der Waals surface area contributed by atoms with E-state index in [1.807, 2.05) is 43.3 Å². The topological polar surface area (TPSA) is 41.5 Å². The average molecular weight is 363 g/mol. The SMILES string of the molecule is CC(=NNC(=O)c1sc2ccccc2c1Cl)c1ccc(Cl)cc1. The third-order valence-corrected chi connectivity index (χ3v) is 5.25. The van der Waals surface area contributed by atoms with Crippen LogP contribution >= 0.6 is 34.5 Å². The maximum absolute atomic E-state index is 12.3.